The van der Waals surface area contributed by atoms with Crippen molar-refractivity contribution in [2.45, 2.75) is 11.9 Å². The predicted octanol–water partition coefficient (Wildman–Crippen LogP) is 3.50. The van der Waals surface area contributed by atoms with Gasteiger partial charge >= 0.3 is 0 Å². The van der Waals surface area contributed by atoms with Gasteiger partial charge in [0.2, 0.25) is 0 Å². The average molecular weight is 250 g/mol. The molecule has 0 aliphatic heterocycles. The second-order valence-electron chi connectivity index (χ2n) is 3.51. The second kappa shape index (κ2) is 3.71. The summed E-state index contributed by atoms with van der Waals surface area (Å²) in [7, 11) is 0. The first-order valence-corrected chi connectivity index (χ1v) is 5.48. The fourth-order valence-electron chi connectivity index (χ4n) is 1.56. The van der Waals surface area contributed by atoms with Crippen LogP contribution in [0.15, 0.2) is 36.4 Å². The van der Waals surface area contributed by atoms with Gasteiger partial charge in [-0.15, -0.1) is 0 Å². The Hall–Kier alpha value is -0.860. The number of halogens is 1. The minimum atomic E-state index is -0.0757. The van der Waals surface area contributed by atoms with Crippen LogP contribution in [0.4, 0.5) is 0 Å². The molecule has 0 aliphatic carbocycles. The van der Waals surface area contributed by atoms with Gasteiger partial charge in [-0.3, -0.25) is 0 Å². The third kappa shape index (κ3) is 1.81. The van der Waals surface area contributed by atoms with Crippen LogP contribution in [0.5, 0.6) is 0 Å². The number of hydrogen-bond acceptors (Lipinski definition) is 1. The molecule has 2 heteroatoms. The highest BCUT2D eigenvalue weighted by Crippen LogP contribution is 2.22. The molecule has 0 amide bonds. The lowest BCUT2D eigenvalue weighted by molar-refractivity contribution is 1.06. The molecule has 0 bridgehead atoms. The van der Waals surface area contributed by atoms with E-state index in [4.69, 9.17) is 5.73 Å². The Morgan fingerprint density at radius 3 is 2.43 bits per heavy atom. The molecule has 0 heterocycles. The molecule has 72 valence electrons. The van der Waals surface area contributed by atoms with E-state index in [1.165, 1.54) is 16.3 Å². The predicted molar refractivity (Wildman–Crippen MR) is 64.5 cm³/mol. The third-order valence-electron chi connectivity index (χ3n) is 2.34. The fraction of sp³-hybridized carbons (Fsp3) is 0.167. The van der Waals surface area contributed by atoms with Crippen LogP contribution in [-0.2, 0) is 0 Å². The Morgan fingerprint density at radius 1 is 1.07 bits per heavy atom. The molecule has 1 unspecified atom stereocenters. The molecule has 0 saturated heterocycles. The summed E-state index contributed by atoms with van der Waals surface area (Å²) < 4.78 is 0. The molecule has 0 spiro atoms. The number of aryl methyl sites for hydroxylation is 1. The van der Waals surface area contributed by atoms with Crippen LogP contribution < -0.4 is 5.73 Å². The number of alkyl halides is 1. The molecule has 2 N–H and O–H groups in total. The van der Waals surface area contributed by atoms with Crippen LogP contribution >= 0.6 is 15.9 Å². The lowest BCUT2D eigenvalue weighted by Gasteiger charge is -2.06. The Balaban J connectivity index is 2.62. The first kappa shape index (κ1) is 9.69. The van der Waals surface area contributed by atoms with Crippen molar-refractivity contribution in [1.29, 1.82) is 0 Å². The average Bonchev–Trinajstić information content (AvgIpc) is 2.16. The van der Waals surface area contributed by atoms with Crippen molar-refractivity contribution in [3.05, 3.63) is 47.5 Å². The van der Waals surface area contributed by atoms with Crippen LogP contribution in [0.25, 0.3) is 10.8 Å². The molecular weight excluding hydrogens is 238 g/mol. The van der Waals surface area contributed by atoms with Crippen molar-refractivity contribution >= 4 is 26.7 Å². The van der Waals surface area contributed by atoms with Gasteiger partial charge in [0.05, 0.1) is 4.95 Å². The van der Waals surface area contributed by atoms with E-state index in [1.54, 1.807) is 0 Å². The van der Waals surface area contributed by atoms with E-state index in [9.17, 15) is 0 Å². The molecule has 2 aromatic rings. The molecule has 2 aromatic carbocycles. The molecule has 0 saturated carbocycles. The number of benzene rings is 2. The maximum Gasteiger partial charge on any atom is 0.0861 e. The summed E-state index contributed by atoms with van der Waals surface area (Å²) in [6, 6.07) is 12.7. The van der Waals surface area contributed by atoms with Crippen LogP contribution in [-0.4, -0.2) is 0 Å². The Labute approximate surface area is 92.1 Å². The molecular formula is C12H12BrN. The highest BCUT2D eigenvalue weighted by Gasteiger charge is 2.01. The van der Waals surface area contributed by atoms with Gasteiger partial charge in [0.15, 0.2) is 0 Å². The van der Waals surface area contributed by atoms with Gasteiger partial charge in [-0.2, -0.15) is 0 Å². The van der Waals surface area contributed by atoms with E-state index in [-0.39, 0.29) is 4.95 Å². The van der Waals surface area contributed by atoms with E-state index < -0.39 is 0 Å². The van der Waals surface area contributed by atoms with Crippen LogP contribution in [0.3, 0.4) is 0 Å². The Bertz CT molecular complexity index is 463. The topological polar surface area (TPSA) is 26.0 Å². The Morgan fingerprint density at radius 2 is 1.71 bits per heavy atom. The monoisotopic (exact) mass is 249 g/mol. The number of nitrogens with two attached hydrogens (primary N) is 1. The number of rotatable bonds is 1. The first-order valence-electron chi connectivity index (χ1n) is 4.57. The van der Waals surface area contributed by atoms with Gasteiger partial charge in [0.1, 0.15) is 0 Å². The van der Waals surface area contributed by atoms with Gasteiger partial charge in [0.25, 0.3) is 0 Å². The van der Waals surface area contributed by atoms with Crippen LogP contribution in [0.1, 0.15) is 16.1 Å². The fourth-order valence-corrected chi connectivity index (χ4v) is 1.84. The summed E-state index contributed by atoms with van der Waals surface area (Å²) in [6.07, 6.45) is 0. The zero-order chi connectivity index (χ0) is 10.1. The summed E-state index contributed by atoms with van der Waals surface area (Å²) in [5.74, 6) is 0. The van der Waals surface area contributed by atoms with E-state index in [1.807, 2.05) is 0 Å². The zero-order valence-electron chi connectivity index (χ0n) is 8.00. The molecule has 1 nitrogen and oxygen atoms in total. The van der Waals surface area contributed by atoms with Gasteiger partial charge in [0, 0.05) is 0 Å². The number of hydrogen-bond donors (Lipinski definition) is 1. The van der Waals surface area contributed by atoms with Crippen LogP contribution in [0.2, 0.25) is 0 Å². The maximum atomic E-state index is 5.75. The summed E-state index contributed by atoms with van der Waals surface area (Å²) in [5.41, 5.74) is 8.15. The molecule has 2 rings (SSSR count). The molecule has 0 radical (unpaired) electrons. The van der Waals surface area contributed by atoms with Crippen LogP contribution in [0, 0.1) is 6.92 Å². The molecule has 0 fully saturated rings. The van der Waals surface area contributed by atoms with Gasteiger partial charge in [-0.05, 0) is 29.3 Å². The first-order chi connectivity index (χ1) is 6.66. The largest absolute Gasteiger partial charge is 0.315 e. The SMILES string of the molecule is Cc1ccc2cc(C(N)Br)ccc2c1. The minimum Gasteiger partial charge on any atom is -0.315 e. The lowest BCUT2D eigenvalue weighted by Crippen LogP contribution is -2.00. The normalized spacial score (nSPS) is 13.1. The number of fused-ring (bicyclic) bond motifs is 1. The van der Waals surface area contributed by atoms with Crippen molar-refractivity contribution < 1.29 is 0 Å². The third-order valence-corrected chi connectivity index (χ3v) is 2.87. The molecule has 14 heavy (non-hydrogen) atoms. The second-order valence-corrected chi connectivity index (χ2v) is 4.50. The van der Waals surface area contributed by atoms with Gasteiger partial charge in [-0.25, -0.2) is 0 Å². The van der Waals surface area contributed by atoms with Crippen molar-refractivity contribution in [2.24, 2.45) is 5.73 Å². The maximum absolute atomic E-state index is 5.75. The minimum absolute atomic E-state index is 0.0757. The standard InChI is InChI=1S/C12H12BrN/c1-8-2-3-10-7-11(12(13)14)5-4-9(10)6-8/h2-7,12H,14H2,1H3. The quantitative estimate of drug-likeness (QED) is 0.608. The van der Waals surface area contributed by atoms with E-state index >= 15 is 0 Å². The van der Waals surface area contributed by atoms with Crippen molar-refractivity contribution in [2.75, 3.05) is 0 Å². The highest BCUT2D eigenvalue weighted by atomic mass is 79.9. The van der Waals surface area contributed by atoms with Crippen molar-refractivity contribution in [1.82, 2.24) is 0 Å². The zero-order valence-corrected chi connectivity index (χ0v) is 9.58. The van der Waals surface area contributed by atoms with Crippen molar-refractivity contribution in [3.63, 3.8) is 0 Å². The summed E-state index contributed by atoms with van der Waals surface area (Å²) in [4.78, 5) is -0.0757. The molecule has 0 aliphatic rings. The van der Waals surface area contributed by atoms with Gasteiger partial charge < -0.3 is 5.73 Å². The summed E-state index contributed by atoms with van der Waals surface area (Å²) in [6.45, 7) is 2.10. The van der Waals surface area contributed by atoms with Gasteiger partial charge in [-0.1, -0.05) is 51.8 Å². The van der Waals surface area contributed by atoms with Crippen molar-refractivity contribution in [3.8, 4) is 0 Å². The highest BCUT2D eigenvalue weighted by molar-refractivity contribution is 9.09. The van der Waals surface area contributed by atoms with E-state index in [0.29, 0.717) is 0 Å². The van der Waals surface area contributed by atoms with E-state index in [2.05, 4.69) is 59.3 Å². The molecule has 1 atom stereocenters. The summed E-state index contributed by atoms with van der Waals surface area (Å²) >= 11 is 3.36. The lowest BCUT2D eigenvalue weighted by atomic mass is 10.0. The molecule has 0 aromatic heterocycles. The Kier molecular flexibility index (Phi) is 2.57. The smallest absolute Gasteiger partial charge is 0.0861 e. The summed E-state index contributed by atoms with van der Waals surface area (Å²) in [5, 5.41) is 2.50. The van der Waals surface area contributed by atoms with E-state index in [0.717, 1.165) is 5.56 Å².